The first-order chi connectivity index (χ1) is 9.60. The van der Waals surface area contributed by atoms with E-state index in [1.165, 1.54) is 0 Å². The summed E-state index contributed by atoms with van der Waals surface area (Å²) in [4.78, 5) is 18.0. The zero-order valence-electron chi connectivity index (χ0n) is 11.9. The Morgan fingerprint density at radius 3 is 2.60 bits per heavy atom. The van der Waals surface area contributed by atoms with Crippen LogP contribution in [0.2, 0.25) is 0 Å². The molecule has 0 spiro atoms. The fourth-order valence-electron chi connectivity index (χ4n) is 1.82. The van der Waals surface area contributed by atoms with Gasteiger partial charge in [0.05, 0.1) is 13.2 Å². The monoisotopic (exact) mass is 274 g/mol. The van der Waals surface area contributed by atoms with Crippen molar-refractivity contribution in [1.82, 2.24) is 20.1 Å². The Balaban J connectivity index is 2.02. The predicted molar refractivity (Wildman–Crippen MR) is 74.5 cm³/mol. The molecule has 1 aromatic heterocycles. The van der Waals surface area contributed by atoms with Crippen LogP contribution in [0.5, 0.6) is 5.75 Å². The Morgan fingerprint density at radius 1 is 1.35 bits per heavy atom. The lowest BCUT2D eigenvalue weighted by Gasteiger charge is -2.15. The number of nitrogens with one attached hydrogen (secondary N) is 1. The summed E-state index contributed by atoms with van der Waals surface area (Å²) in [5.41, 5.74) is 0.614. The van der Waals surface area contributed by atoms with Crippen LogP contribution in [-0.2, 0) is 6.54 Å². The Kier molecular flexibility index (Phi) is 4.34. The standard InChI is InChI=1S/C14H18N4O2/c1-4-20-12-7-5-11(6-8-12)14(19)18(3)9-13-15-10(2)16-17-13/h5-8H,4,9H2,1-3H3,(H,15,16,17). The fraction of sp³-hybridized carbons (Fsp3) is 0.357. The zero-order chi connectivity index (χ0) is 14.5. The van der Waals surface area contributed by atoms with Crippen LogP contribution in [0, 0.1) is 6.92 Å². The largest absolute Gasteiger partial charge is 0.494 e. The number of carbonyl (C=O) groups excluding carboxylic acids is 1. The van der Waals surface area contributed by atoms with Gasteiger partial charge in [0.15, 0.2) is 5.82 Å². The van der Waals surface area contributed by atoms with E-state index in [1.54, 1.807) is 36.2 Å². The van der Waals surface area contributed by atoms with Gasteiger partial charge in [-0.05, 0) is 38.1 Å². The molecular weight excluding hydrogens is 256 g/mol. The van der Waals surface area contributed by atoms with Crippen molar-refractivity contribution in [2.24, 2.45) is 0 Å². The molecule has 0 fully saturated rings. The van der Waals surface area contributed by atoms with E-state index >= 15 is 0 Å². The second kappa shape index (κ2) is 6.18. The average molecular weight is 274 g/mol. The molecular formula is C14H18N4O2. The number of rotatable bonds is 5. The van der Waals surface area contributed by atoms with Crippen LogP contribution in [0.3, 0.4) is 0 Å². The molecule has 106 valence electrons. The topological polar surface area (TPSA) is 71.1 Å². The van der Waals surface area contributed by atoms with Crippen molar-refractivity contribution in [3.8, 4) is 5.75 Å². The zero-order valence-corrected chi connectivity index (χ0v) is 11.9. The van der Waals surface area contributed by atoms with E-state index in [1.807, 2.05) is 13.8 Å². The lowest BCUT2D eigenvalue weighted by atomic mass is 10.2. The van der Waals surface area contributed by atoms with E-state index in [9.17, 15) is 4.79 Å². The van der Waals surface area contributed by atoms with Gasteiger partial charge >= 0.3 is 0 Å². The van der Waals surface area contributed by atoms with Crippen molar-refractivity contribution in [3.63, 3.8) is 0 Å². The number of hydrogen-bond donors (Lipinski definition) is 1. The molecule has 0 aliphatic carbocycles. The van der Waals surface area contributed by atoms with Gasteiger partial charge in [-0.3, -0.25) is 9.89 Å². The van der Waals surface area contributed by atoms with Crippen LogP contribution >= 0.6 is 0 Å². The van der Waals surface area contributed by atoms with Crippen molar-refractivity contribution in [2.75, 3.05) is 13.7 Å². The Labute approximate surface area is 117 Å². The minimum Gasteiger partial charge on any atom is -0.494 e. The molecule has 1 aromatic carbocycles. The molecule has 0 aliphatic heterocycles. The molecule has 0 atom stereocenters. The van der Waals surface area contributed by atoms with Gasteiger partial charge in [0.2, 0.25) is 0 Å². The van der Waals surface area contributed by atoms with Crippen molar-refractivity contribution >= 4 is 5.91 Å². The molecule has 0 bridgehead atoms. The first-order valence-electron chi connectivity index (χ1n) is 6.46. The smallest absolute Gasteiger partial charge is 0.254 e. The number of aryl methyl sites for hydroxylation is 1. The van der Waals surface area contributed by atoms with E-state index in [-0.39, 0.29) is 5.91 Å². The maximum atomic E-state index is 12.2. The molecule has 1 N–H and O–H groups in total. The fourth-order valence-corrected chi connectivity index (χ4v) is 1.82. The minimum atomic E-state index is -0.0736. The molecule has 1 amide bonds. The summed E-state index contributed by atoms with van der Waals surface area (Å²) in [6, 6.07) is 7.10. The molecule has 20 heavy (non-hydrogen) atoms. The number of nitrogens with zero attached hydrogens (tertiary/aromatic N) is 3. The van der Waals surface area contributed by atoms with Gasteiger partial charge in [-0.2, -0.15) is 5.10 Å². The highest BCUT2D eigenvalue weighted by molar-refractivity contribution is 5.94. The second-order valence-corrected chi connectivity index (χ2v) is 4.46. The van der Waals surface area contributed by atoms with Crippen LogP contribution in [0.15, 0.2) is 24.3 Å². The van der Waals surface area contributed by atoms with E-state index in [2.05, 4.69) is 15.2 Å². The van der Waals surface area contributed by atoms with Crippen LogP contribution in [-0.4, -0.2) is 39.6 Å². The number of aromatic amines is 1. The van der Waals surface area contributed by atoms with Crippen molar-refractivity contribution in [2.45, 2.75) is 20.4 Å². The highest BCUT2D eigenvalue weighted by Crippen LogP contribution is 2.13. The lowest BCUT2D eigenvalue weighted by molar-refractivity contribution is 0.0781. The third-order valence-electron chi connectivity index (χ3n) is 2.78. The van der Waals surface area contributed by atoms with Gasteiger partial charge in [0.25, 0.3) is 5.91 Å². The molecule has 0 unspecified atom stereocenters. The quantitative estimate of drug-likeness (QED) is 0.902. The number of hydrogen-bond acceptors (Lipinski definition) is 4. The molecule has 0 saturated carbocycles. The van der Waals surface area contributed by atoms with Gasteiger partial charge < -0.3 is 9.64 Å². The van der Waals surface area contributed by atoms with E-state index < -0.39 is 0 Å². The van der Waals surface area contributed by atoms with Crippen molar-refractivity contribution in [3.05, 3.63) is 41.5 Å². The average Bonchev–Trinajstić information content (AvgIpc) is 2.84. The maximum Gasteiger partial charge on any atom is 0.254 e. The van der Waals surface area contributed by atoms with Gasteiger partial charge in [0.1, 0.15) is 11.6 Å². The van der Waals surface area contributed by atoms with Crippen LogP contribution in [0.25, 0.3) is 0 Å². The first kappa shape index (κ1) is 14.0. The minimum absolute atomic E-state index is 0.0736. The number of aromatic nitrogens is 3. The molecule has 1 heterocycles. The van der Waals surface area contributed by atoms with E-state index in [4.69, 9.17) is 4.74 Å². The highest BCUT2D eigenvalue weighted by atomic mass is 16.5. The number of H-pyrrole nitrogens is 1. The van der Waals surface area contributed by atoms with Crippen LogP contribution in [0.1, 0.15) is 28.9 Å². The van der Waals surface area contributed by atoms with Gasteiger partial charge in [-0.1, -0.05) is 0 Å². The maximum absolute atomic E-state index is 12.2. The first-order valence-corrected chi connectivity index (χ1v) is 6.46. The predicted octanol–water partition coefficient (Wildman–Crippen LogP) is 1.78. The number of carbonyl (C=O) groups is 1. The summed E-state index contributed by atoms with van der Waals surface area (Å²) >= 11 is 0. The summed E-state index contributed by atoms with van der Waals surface area (Å²) < 4.78 is 5.35. The highest BCUT2D eigenvalue weighted by Gasteiger charge is 2.14. The summed E-state index contributed by atoms with van der Waals surface area (Å²) in [6.07, 6.45) is 0. The summed E-state index contributed by atoms with van der Waals surface area (Å²) in [6.45, 7) is 4.73. The number of benzene rings is 1. The van der Waals surface area contributed by atoms with Gasteiger partial charge in [0, 0.05) is 12.6 Å². The Bertz CT molecular complexity index is 577. The summed E-state index contributed by atoms with van der Waals surface area (Å²) in [7, 11) is 1.73. The van der Waals surface area contributed by atoms with Crippen LogP contribution < -0.4 is 4.74 Å². The number of ether oxygens (including phenoxy) is 1. The SMILES string of the molecule is CCOc1ccc(C(=O)N(C)Cc2n[nH]c(C)n2)cc1. The summed E-state index contributed by atoms with van der Waals surface area (Å²) in [5.74, 6) is 2.03. The number of amides is 1. The molecule has 0 aliphatic rings. The molecule has 6 heteroatoms. The van der Waals surface area contributed by atoms with Crippen molar-refractivity contribution < 1.29 is 9.53 Å². The van der Waals surface area contributed by atoms with Gasteiger partial charge in [-0.15, -0.1) is 0 Å². The molecule has 2 rings (SSSR count). The summed E-state index contributed by atoms with van der Waals surface area (Å²) in [5, 5.41) is 6.78. The molecule has 6 nitrogen and oxygen atoms in total. The van der Waals surface area contributed by atoms with Gasteiger partial charge in [-0.25, -0.2) is 4.98 Å². The van der Waals surface area contributed by atoms with Crippen LogP contribution in [0.4, 0.5) is 0 Å². The Hall–Kier alpha value is -2.37. The van der Waals surface area contributed by atoms with Crippen molar-refractivity contribution in [1.29, 1.82) is 0 Å². The molecule has 0 saturated heterocycles. The van der Waals surface area contributed by atoms with E-state index in [0.717, 1.165) is 11.6 Å². The Morgan fingerprint density at radius 2 is 2.05 bits per heavy atom. The second-order valence-electron chi connectivity index (χ2n) is 4.46. The van der Waals surface area contributed by atoms with E-state index in [0.29, 0.717) is 24.5 Å². The third-order valence-corrected chi connectivity index (χ3v) is 2.78. The third kappa shape index (κ3) is 3.34. The normalized spacial score (nSPS) is 10.3. The molecule has 0 radical (unpaired) electrons. The molecule has 2 aromatic rings. The lowest BCUT2D eigenvalue weighted by Crippen LogP contribution is -2.26.